The molecule has 0 atom stereocenters. The molecule has 0 aliphatic rings. The van der Waals surface area contributed by atoms with Gasteiger partial charge in [-0.25, -0.2) is 4.39 Å². The molecule has 0 saturated heterocycles. The summed E-state index contributed by atoms with van der Waals surface area (Å²) < 4.78 is 14.2. The van der Waals surface area contributed by atoms with Crippen LogP contribution in [-0.2, 0) is 11.3 Å². The van der Waals surface area contributed by atoms with Gasteiger partial charge in [0.15, 0.2) is 0 Å². The van der Waals surface area contributed by atoms with Gasteiger partial charge in [-0.1, -0.05) is 28.1 Å². The van der Waals surface area contributed by atoms with E-state index in [1.165, 1.54) is 17.0 Å². The first kappa shape index (κ1) is 19.0. The molecule has 3 nitrogen and oxygen atoms in total. The van der Waals surface area contributed by atoms with Gasteiger partial charge in [0.2, 0.25) is 5.91 Å². The largest absolute Gasteiger partial charge is 0.354 e. The standard InChI is InChI=1S/C18H20BrFN2OS/c1-22(12-14-3-2-4-16(20)11-14)13-18(23)21-9-10-24-17-7-5-15(19)6-8-17/h2-8,11H,9-10,12-13H2,1H3,(H,21,23). The van der Waals surface area contributed by atoms with Crippen LogP contribution in [0, 0.1) is 5.82 Å². The van der Waals surface area contributed by atoms with Gasteiger partial charge in [0, 0.05) is 28.2 Å². The molecule has 2 aromatic rings. The minimum absolute atomic E-state index is 0.0229. The lowest BCUT2D eigenvalue weighted by Crippen LogP contribution is -2.35. The van der Waals surface area contributed by atoms with Crippen LogP contribution in [0.1, 0.15) is 5.56 Å². The second-order valence-corrected chi connectivity index (χ2v) is 7.54. The van der Waals surface area contributed by atoms with Gasteiger partial charge in [0.05, 0.1) is 6.54 Å². The Bertz CT molecular complexity index is 666. The predicted molar refractivity (Wildman–Crippen MR) is 101 cm³/mol. The topological polar surface area (TPSA) is 32.3 Å². The van der Waals surface area contributed by atoms with Crippen LogP contribution in [0.15, 0.2) is 57.9 Å². The quantitative estimate of drug-likeness (QED) is 0.528. The van der Waals surface area contributed by atoms with Crippen molar-refractivity contribution in [3.63, 3.8) is 0 Å². The molecule has 1 amide bonds. The number of carbonyl (C=O) groups excluding carboxylic acids is 1. The number of hydrogen-bond donors (Lipinski definition) is 1. The summed E-state index contributed by atoms with van der Waals surface area (Å²) in [4.78, 5) is 15.0. The van der Waals surface area contributed by atoms with Crippen LogP contribution in [0.2, 0.25) is 0 Å². The van der Waals surface area contributed by atoms with Crippen LogP contribution in [0.4, 0.5) is 4.39 Å². The predicted octanol–water partition coefficient (Wildman–Crippen LogP) is 3.93. The van der Waals surface area contributed by atoms with Crippen LogP contribution in [0.5, 0.6) is 0 Å². The molecule has 0 heterocycles. The second-order valence-electron chi connectivity index (χ2n) is 5.45. The molecule has 0 radical (unpaired) electrons. The molecule has 0 fully saturated rings. The fourth-order valence-electron chi connectivity index (χ4n) is 2.19. The van der Waals surface area contributed by atoms with Crippen molar-refractivity contribution in [2.45, 2.75) is 11.4 Å². The van der Waals surface area contributed by atoms with E-state index in [1.807, 2.05) is 42.3 Å². The van der Waals surface area contributed by atoms with E-state index in [1.54, 1.807) is 17.8 Å². The molecule has 0 spiro atoms. The Morgan fingerprint density at radius 3 is 2.71 bits per heavy atom. The maximum Gasteiger partial charge on any atom is 0.234 e. The molecule has 128 valence electrons. The van der Waals surface area contributed by atoms with Crippen molar-refractivity contribution >= 4 is 33.6 Å². The average molecular weight is 411 g/mol. The maximum absolute atomic E-state index is 13.1. The lowest BCUT2D eigenvalue weighted by Gasteiger charge is -2.16. The summed E-state index contributed by atoms with van der Waals surface area (Å²) in [6.45, 7) is 1.45. The third kappa shape index (κ3) is 7.03. The molecule has 0 aliphatic heterocycles. The fourth-order valence-corrected chi connectivity index (χ4v) is 3.23. The van der Waals surface area contributed by atoms with Crippen molar-refractivity contribution in [3.05, 3.63) is 64.4 Å². The summed E-state index contributed by atoms with van der Waals surface area (Å²) in [6, 6.07) is 14.5. The van der Waals surface area contributed by atoms with E-state index in [-0.39, 0.29) is 11.7 Å². The highest BCUT2D eigenvalue weighted by atomic mass is 79.9. The zero-order valence-electron chi connectivity index (χ0n) is 13.5. The lowest BCUT2D eigenvalue weighted by atomic mass is 10.2. The van der Waals surface area contributed by atoms with Crippen LogP contribution in [0.25, 0.3) is 0 Å². The van der Waals surface area contributed by atoms with Crippen molar-refractivity contribution in [1.29, 1.82) is 0 Å². The van der Waals surface area contributed by atoms with E-state index in [2.05, 4.69) is 21.2 Å². The van der Waals surface area contributed by atoms with Crippen LogP contribution >= 0.6 is 27.7 Å². The number of nitrogens with one attached hydrogen (secondary N) is 1. The summed E-state index contributed by atoms with van der Waals surface area (Å²) in [5, 5.41) is 2.91. The van der Waals surface area contributed by atoms with Gasteiger partial charge in [-0.15, -0.1) is 11.8 Å². The summed E-state index contributed by atoms with van der Waals surface area (Å²) in [6.07, 6.45) is 0. The maximum atomic E-state index is 13.1. The minimum Gasteiger partial charge on any atom is -0.354 e. The molecular formula is C18H20BrFN2OS. The van der Waals surface area contributed by atoms with Crippen LogP contribution in [-0.4, -0.2) is 36.7 Å². The van der Waals surface area contributed by atoms with Crippen molar-refractivity contribution in [2.24, 2.45) is 0 Å². The fraction of sp³-hybridized carbons (Fsp3) is 0.278. The van der Waals surface area contributed by atoms with Crippen molar-refractivity contribution in [2.75, 3.05) is 25.9 Å². The molecule has 0 aromatic heterocycles. The Balaban J connectivity index is 1.64. The van der Waals surface area contributed by atoms with E-state index in [4.69, 9.17) is 0 Å². The Morgan fingerprint density at radius 2 is 2.00 bits per heavy atom. The normalized spacial score (nSPS) is 10.8. The molecule has 2 aromatic carbocycles. The Hall–Kier alpha value is -1.37. The summed E-state index contributed by atoms with van der Waals surface area (Å²) in [5.41, 5.74) is 0.857. The third-order valence-corrected chi connectivity index (χ3v) is 4.80. The molecule has 2 rings (SSSR count). The first-order valence-electron chi connectivity index (χ1n) is 7.61. The number of likely N-dealkylation sites (N-methyl/N-ethyl adjacent to an activating group) is 1. The lowest BCUT2D eigenvalue weighted by molar-refractivity contribution is -0.121. The highest BCUT2D eigenvalue weighted by Gasteiger charge is 2.07. The monoisotopic (exact) mass is 410 g/mol. The van der Waals surface area contributed by atoms with Crippen molar-refractivity contribution < 1.29 is 9.18 Å². The van der Waals surface area contributed by atoms with E-state index in [9.17, 15) is 9.18 Å². The minimum atomic E-state index is -0.254. The third-order valence-electron chi connectivity index (χ3n) is 3.26. The summed E-state index contributed by atoms with van der Waals surface area (Å²) in [5.74, 6) is 0.543. The Labute approximate surface area is 154 Å². The molecule has 0 aliphatic carbocycles. The van der Waals surface area contributed by atoms with Crippen molar-refractivity contribution in [1.82, 2.24) is 10.2 Å². The van der Waals surface area contributed by atoms with Crippen LogP contribution in [0.3, 0.4) is 0 Å². The van der Waals surface area contributed by atoms with Crippen molar-refractivity contribution in [3.8, 4) is 0 Å². The zero-order chi connectivity index (χ0) is 17.4. The number of nitrogens with zero attached hydrogens (tertiary/aromatic N) is 1. The first-order chi connectivity index (χ1) is 11.5. The van der Waals surface area contributed by atoms with Gasteiger partial charge in [-0.2, -0.15) is 0 Å². The van der Waals surface area contributed by atoms with Gasteiger partial charge >= 0.3 is 0 Å². The molecule has 6 heteroatoms. The van der Waals surface area contributed by atoms with Gasteiger partial charge in [-0.05, 0) is 49.0 Å². The van der Waals surface area contributed by atoms with Crippen LogP contribution < -0.4 is 5.32 Å². The summed E-state index contributed by atoms with van der Waals surface area (Å²) in [7, 11) is 1.85. The molecule has 0 unspecified atom stereocenters. The number of thioether (sulfide) groups is 1. The van der Waals surface area contributed by atoms with E-state index < -0.39 is 0 Å². The SMILES string of the molecule is CN(CC(=O)NCCSc1ccc(Br)cc1)Cc1cccc(F)c1. The first-order valence-corrected chi connectivity index (χ1v) is 9.39. The van der Waals surface area contributed by atoms with E-state index in [0.717, 1.165) is 15.8 Å². The number of rotatable bonds is 8. The Morgan fingerprint density at radius 1 is 1.25 bits per heavy atom. The molecule has 0 bridgehead atoms. The smallest absolute Gasteiger partial charge is 0.234 e. The number of hydrogen-bond acceptors (Lipinski definition) is 3. The number of carbonyl (C=O) groups is 1. The molecule has 0 saturated carbocycles. The number of halogens is 2. The number of benzene rings is 2. The highest BCUT2D eigenvalue weighted by Crippen LogP contribution is 2.19. The summed E-state index contributed by atoms with van der Waals surface area (Å²) >= 11 is 5.11. The molecular weight excluding hydrogens is 391 g/mol. The van der Waals surface area contributed by atoms with E-state index in [0.29, 0.717) is 19.6 Å². The van der Waals surface area contributed by atoms with Gasteiger partial charge in [-0.3, -0.25) is 9.69 Å². The second kappa shape index (κ2) is 9.81. The van der Waals surface area contributed by atoms with Gasteiger partial charge in [0.25, 0.3) is 0 Å². The average Bonchev–Trinajstić information content (AvgIpc) is 2.53. The number of amides is 1. The Kier molecular flexibility index (Phi) is 7.75. The van der Waals surface area contributed by atoms with Gasteiger partial charge in [0.1, 0.15) is 5.82 Å². The zero-order valence-corrected chi connectivity index (χ0v) is 15.9. The highest BCUT2D eigenvalue weighted by molar-refractivity contribution is 9.10. The van der Waals surface area contributed by atoms with E-state index >= 15 is 0 Å². The van der Waals surface area contributed by atoms with Gasteiger partial charge < -0.3 is 5.32 Å². The molecule has 1 N–H and O–H groups in total. The molecule has 24 heavy (non-hydrogen) atoms.